The molecular formula is C15H21BClNO2S. The van der Waals surface area contributed by atoms with Crippen LogP contribution in [-0.2, 0) is 9.31 Å². The Kier molecular flexibility index (Phi) is 4.69. The topological polar surface area (TPSA) is 44.5 Å². The molecule has 0 aliphatic carbocycles. The third-order valence-corrected chi connectivity index (χ3v) is 4.81. The summed E-state index contributed by atoms with van der Waals surface area (Å²) in [6.45, 7) is 8.10. The lowest BCUT2D eigenvalue weighted by Gasteiger charge is -2.32. The van der Waals surface area contributed by atoms with Gasteiger partial charge < -0.3 is 15.0 Å². The Morgan fingerprint density at radius 1 is 1.29 bits per heavy atom. The van der Waals surface area contributed by atoms with Gasteiger partial charge in [0.05, 0.1) is 11.2 Å². The number of thiol groups is 1. The zero-order valence-corrected chi connectivity index (χ0v) is 14.5. The zero-order chi connectivity index (χ0) is 15.8. The molecule has 1 aromatic carbocycles. The maximum absolute atomic E-state index is 6.21. The fraction of sp³-hybridized carbons (Fsp3) is 0.467. The van der Waals surface area contributed by atoms with Crippen LogP contribution in [-0.4, -0.2) is 24.1 Å². The Balaban J connectivity index is 2.33. The van der Waals surface area contributed by atoms with Gasteiger partial charge in [-0.2, -0.15) is 12.6 Å². The Bertz CT molecular complexity index is 559. The number of halogens is 1. The molecule has 2 rings (SSSR count). The predicted molar refractivity (Wildman–Crippen MR) is 93.8 cm³/mol. The molecule has 0 amide bonds. The van der Waals surface area contributed by atoms with E-state index in [1.54, 1.807) is 12.1 Å². The lowest BCUT2D eigenvalue weighted by molar-refractivity contribution is 0.00578. The first-order chi connectivity index (χ1) is 9.66. The molecule has 0 aromatic heterocycles. The van der Waals surface area contributed by atoms with Gasteiger partial charge >= 0.3 is 7.12 Å². The van der Waals surface area contributed by atoms with Gasteiger partial charge in [0.2, 0.25) is 0 Å². The molecule has 0 radical (unpaired) electrons. The van der Waals surface area contributed by atoms with Crippen molar-refractivity contribution < 1.29 is 9.31 Å². The lowest BCUT2D eigenvalue weighted by Crippen LogP contribution is -2.41. The van der Waals surface area contributed by atoms with Gasteiger partial charge in [0.15, 0.2) is 0 Å². The van der Waals surface area contributed by atoms with E-state index >= 15 is 0 Å². The van der Waals surface area contributed by atoms with Crippen LogP contribution in [0.5, 0.6) is 0 Å². The van der Waals surface area contributed by atoms with E-state index in [-0.39, 0.29) is 11.2 Å². The number of rotatable bonds is 3. The van der Waals surface area contributed by atoms with Crippen molar-refractivity contribution in [3.8, 4) is 0 Å². The highest BCUT2D eigenvalue weighted by atomic mass is 35.5. The number of nitrogen functional groups attached to an aromatic ring is 1. The number of hydrogen-bond acceptors (Lipinski definition) is 4. The van der Waals surface area contributed by atoms with Crippen LogP contribution in [0, 0.1) is 0 Å². The Morgan fingerprint density at radius 2 is 1.86 bits per heavy atom. The van der Waals surface area contributed by atoms with Gasteiger partial charge in [-0.1, -0.05) is 17.7 Å². The molecule has 0 saturated carbocycles. The van der Waals surface area contributed by atoms with Crippen molar-refractivity contribution in [1.29, 1.82) is 0 Å². The minimum Gasteiger partial charge on any atom is -0.400 e. The summed E-state index contributed by atoms with van der Waals surface area (Å²) in [6, 6.07) is 5.38. The fourth-order valence-corrected chi connectivity index (χ4v) is 2.47. The summed E-state index contributed by atoms with van der Waals surface area (Å²) >= 11 is 10.6. The summed E-state index contributed by atoms with van der Waals surface area (Å²) in [5.41, 5.74) is 7.49. The highest BCUT2D eigenvalue weighted by Crippen LogP contribution is 2.39. The first-order valence-corrected chi connectivity index (χ1v) is 7.89. The maximum atomic E-state index is 6.21. The SMILES string of the molecule is CC1(C)OB(C(=Cc2cc(N)ccc2Cl)CS)OC1(C)C. The molecule has 6 heteroatoms. The smallest absolute Gasteiger partial charge is 0.400 e. The average molecular weight is 326 g/mol. The van der Waals surface area contributed by atoms with Gasteiger partial charge in [0, 0.05) is 16.5 Å². The van der Waals surface area contributed by atoms with Crippen LogP contribution in [0.25, 0.3) is 6.08 Å². The highest BCUT2D eigenvalue weighted by Gasteiger charge is 2.52. The largest absolute Gasteiger partial charge is 0.491 e. The molecule has 0 spiro atoms. The van der Waals surface area contributed by atoms with Crippen LogP contribution >= 0.6 is 24.2 Å². The molecule has 0 atom stereocenters. The highest BCUT2D eigenvalue weighted by molar-refractivity contribution is 7.80. The second-order valence-electron chi connectivity index (χ2n) is 6.25. The second kappa shape index (κ2) is 5.88. The molecule has 1 aliphatic rings. The molecule has 1 aromatic rings. The van der Waals surface area contributed by atoms with Gasteiger partial charge in [0.25, 0.3) is 0 Å². The van der Waals surface area contributed by atoms with Crippen LogP contribution < -0.4 is 5.73 Å². The Hall–Kier alpha value is -0.615. The lowest BCUT2D eigenvalue weighted by atomic mass is 9.78. The molecular weight excluding hydrogens is 305 g/mol. The number of benzene rings is 1. The molecule has 1 fully saturated rings. The molecule has 0 unspecified atom stereocenters. The van der Waals surface area contributed by atoms with Gasteiger partial charge in [-0.05, 0) is 56.9 Å². The van der Waals surface area contributed by atoms with Crippen molar-refractivity contribution in [2.24, 2.45) is 0 Å². The summed E-state index contributed by atoms with van der Waals surface area (Å²) < 4.78 is 12.1. The summed E-state index contributed by atoms with van der Waals surface area (Å²) in [6.07, 6.45) is 1.94. The van der Waals surface area contributed by atoms with E-state index in [4.69, 9.17) is 26.6 Å². The van der Waals surface area contributed by atoms with E-state index in [1.165, 1.54) is 0 Å². The molecule has 1 saturated heterocycles. The van der Waals surface area contributed by atoms with Crippen LogP contribution in [0.2, 0.25) is 5.02 Å². The number of nitrogens with two attached hydrogens (primary N) is 1. The molecule has 3 nitrogen and oxygen atoms in total. The minimum absolute atomic E-state index is 0.376. The third-order valence-electron chi connectivity index (χ3n) is 4.10. The zero-order valence-electron chi connectivity index (χ0n) is 12.8. The normalized spacial score (nSPS) is 20.9. The van der Waals surface area contributed by atoms with Gasteiger partial charge in [-0.15, -0.1) is 0 Å². The molecule has 0 bridgehead atoms. The van der Waals surface area contributed by atoms with E-state index in [2.05, 4.69) is 12.6 Å². The van der Waals surface area contributed by atoms with E-state index in [0.717, 1.165) is 11.0 Å². The van der Waals surface area contributed by atoms with Gasteiger partial charge in [0.1, 0.15) is 0 Å². The van der Waals surface area contributed by atoms with Gasteiger partial charge in [-0.25, -0.2) is 0 Å². The fourth-order valence-electron chi connectivity index (χ4n) is 2.06. The third kappa shape index (κ3) is 3.42. The average Bonchev–Trinajstić information content (AvgIpc) is 2.59. The molecule has 1 aliphatic heterocycles. The first kappa shape index (κ1) is 16.8. The molecule has 21 heavy (non-hydrogen) atoms. The van der Waals surface area contributed by atoms with Crippen LogP contribution in [0.4, 0.5) is 5.69 Å². The molecule has 114 valence electrons. The van der Waals surface area contributed by atoms with Crippen molar-refractivity contribution in [1.82, 2.24) is 0 Å². The van der Waals surface area contributed by atoms with E-state index in [9.17, 15) is 0 Å². The molecule has 1 heterocycles. The quantitative estimate of drug-likeness (QED) is 0.504. The van der Waals surface area contributed by atoms with Crippen molar-refractivity contribution in [2.75, 3.05) is 11.5 Å². The van der Waals surface area contributed by atoms with Crippen LogP contribution in [0.15, 0.2) is 23.7 Å². The van der Waals surface area contributed by atoms with Gasteiger partial charge in [-0.3, -0.25) is 0 Å². The second-order valence-corrected chi connectivity index (χ2v) is 6.97. The van der Waals surface area contributed by atoms with Crippen molar-refractivity contribution >= 4 is 43.1 Å². The predicted octanol–water partition coefficient (Wildman–Crippen LogP) is 3.87. The summed E-state index contributed by atoms with van der Waals surface area (Å²) in [5, 5.41) is 0.639. The van der Waals surface area contributed by atoms with E-state index < -0.39 is 7.12 Å². The number of hydrogen-bond donors (Lipinski definition) is 2. The Morgan fingerprint density at radius 3 is 2.38 bits per heavy atom. The first-order valence-electron chi connectivity index (χ1n) is 6.88. The number of anilines is 1. The molecule has 2 N–H and O–H groups in total. The monoisotopic (exact) mass is 325 g/mol. The minimum atomic E-state index is -0.426. The van der Waals surface area contributed by atoms with Crippen LogP contribution in [0.3, 0.4) is 0 Å². The summed E-state index contributed by atoms with van der Waals surface area (Å²) in [7, 11) is -0.426. The maximum Gasteiger partial charge on any atom is 0.491 e. The summed E-state index contributed by atoms with van der Waals surface area (Å²) in [4.78, 5) is 0. The van der Waals surface area contributed by atoms with E-state index in [0.29, 0.717) is 16.5 Å². The van der Waals surface area contributed by atoms with Crippen molar-refractivity contribution in [3.63, 3.8) is 0 Å². The standard InChI is InChI=1S/C15H21BClNO2S/c1-14(2)15(3,4)20-16(19-14)11(9-21)7-10-8-12(18)5-6-13(10)17/h5-8,21H,9,18H2,1-4H3. The Labute approximate surface area is 137 Å². The van der Waals surface area contributed by atoms with Crippen molar-refractivity contribution in [3.05, 3.63) is 34.3 Å². The van der Waals surface area contributed by atoms with Crippen molar-refractivity contribution in [2.45, 2.75) is 38.9 Å². The van der Waals surface area contributed by atoms with Crippen LogP contribution in [0.1, 0.15) is 33.3 Å². The van der Waals surface area contributed by atoms with E-state index in [1.807, 2.05) is 39.8 Å². The summed E-state index contributed by atoms with van der Waals surface area (Å²) in [5.74, 6) is 0.516.